The van der Waals surface area contributed by atoms with E-state index >= 15 is 0 Å². The van der Waals surface area contributed by atoms with Gasteiger partial charge in [0.1, 0.15) is 17.5 Å². The van der Waals surface area contributed by atoms with Gasteiger partial charge in [0.05, 0.1) is 4.90 Å². The fourth-order valence-corrected chi connectivity index (χ4v) is 4.25. The summed E-state index contributed by atoms with van der Waals surface area (Å²) in [6.45, 7) is 8.00. The Balaban J connectivity index is 1.65. The highest BCUT2D eigenvalue weighted by Crippen LogP contribution is 2.24. The Morgan fingerprint density at radius 2 is 1.78 bits per heavy atom. The number of likely N-dealkylation sites (tertiary alicyclic amines) is 1. The van der Waals surface area contributed by atoms with Gasteiger partial charge in [-0.05, 0) is 58.0 Å². The summed E-state index contributed by atoms with van der Waals surface area (Å²) in [6.07, 6.45) is 3.57. The van der Waals surface area contributed by atoms with Crippen molar-refractivity contribution in [3.63, 3.8) is 0 Å². The minimum absolute atomic E-state index is 0.0441. The van der Waals surface area contributed by atoms with E-state index in [1.807, 2.05) is 27.7 Å². The normalized spacial score (nSPS) is 19.5. The number of hydrogen-bond acceptors (Lipinski definition) is 6. The van der Waals surface area contributed by atoms with Gasteiger partial charge in [-0.3, -0.25) is 9.36 Å². The second-order valence-corrected chi connectivity index (χ2v) is 11.1. The van der Waals surface area contributed by atoms with Crippen molar-refractivity contribution in [2.45, 2.75) is 63.2 Å². The SMILES string of the molecule is C[C@H]1C[C@@H](Oc2ccn(-c3ccc(S(C)(=O)=O)cc3)c(=O)c2)CCN1C(=O)OC(C)(C)C. The van der Waals surface area contributed by atoms with Crippen LogP contribution in [0.4, 0.5) is 4.79 Å². The predicted octanol–water partition coefficient (Wildman–Crippen LogP) is 3.41. The Labute approximate surface area is 188 Å². The molecule has 2 aromatic rings. The Morgan fingerprint density at radius 1 is 1.12 bits per heavy atom. The molecule has 0 bridgehead atoms. The molecule has 0 unspecified atom stereocenters. The zero-order valence-corrected chi connectivity index (χ0v) is 19.9. The van der Waals surface area contributed by atoms with Crippen LogP contribution < -0.4 is 10.3 Å². The highest BCUT2D eigenvalue weighted by Gasteiger charge is 2.32. The van der Waals surface area contributed by atoms with E-state index in [4.69, 9.17) is 9.47 Å². The smallest absolute Gasteiger partial charge is 0.410 e. The molecular weight excluding hydrogens is 432 g/mol. The molecule has 1 aromatic heterocycles. The van der Waals surface area contributed by atoms with Crippen molar-refractivity contribution in [1.82, 2.24) is 9.47 Å². The number of ether oxygens (including phenoxy) is 2. The van der Waals surface area contributed by atoms with Gasteiger partial charge in [-0.25, -0.2) is 13.2 Å². The third kappa shape index (κ3) is 5.91. The average molecular weight is 463 g/mol. The number of pyridine rings is 1. The summed E-state index contributed by atoms with van der Waals surface area (Å²) >= 11 is 0. The van der Waals surface area contributed by atoms with Crippen LogP contribution in [0, 0.1) is 0 Å². The highest BCUT2D eigenvalue weighted by atomic mass is 32.2. The van der Waals surface area contributed by atoms with E-state index in [2.05, 4.69) is 0 Å². The molecule has 1 fully saturated rings. The Morgan fingerprint density at radius 3 is 2.31 bits per heavy atom. The number of aromatic nitrogens is 1. The van der Waals surface area contributed by atoms with Gasteiger partial charge in [0.25, 0.3) is 5.56 Å². The summed E-state index contributed by atoms with van der Waals surface area (Å²) in [5.74, 6) is 0.460. The van der Waals surface area contributed by atoms with Gasteiger partial charge in [0, 0.05) is 49.6 Å². The van der Waals surface area contributed by atoms with Crippen LogP contribution in [-0.2, 0) is 14.6 Å². The fraction of sp³-hybridized carbons (Fsp3) is 0.478. The van der Waals surface area contributed by atoms with E-state index in [-0.39, 0.29) is 28.7 Å². The topological polar surface area (TPSA) is 94.9 Å². The third-order valence-electron chi connectivity index (χ3n) is 5.19. The van der Waals surface area contributed by atoms with Crippen LogP contribution in [0.5, 0.6) is 5.75 Å². The first kappa shape index (κ1) is 23.8. The quantitative estimate of drug-likeness (QED) is 0.691. The third-order valence-corrected chi connectivity index (χ3v) is 6.32. The molecule has 1 aliphatic heterocycles. The number of piperidine rings is 1. The average Bonchev–Trinajstić information content (AvgIpc) is 2.66. The molecule has 0 aliphatic carbocycles. The second-order valence-electron chi connectivity index (χ2n) is 9.12. The molecule has 32 heavy (non-hydrogen) atoms. The van der Waals surface area contributed by atoms with E-state index in [1.165, 1.54) is 22.8 Å². The van der Waals surface area contributed by atoms with Gasteiger partial charge in [-0.15, -0.1) is 0 Å². The van der Waals surface area contributed by atoms with Gasteiger partial charge in [0.15, 0.2) is 9.84 Å². The lowest BCUT2D eigenvalue weighted by molar-refractivity contribution is -0.00105. The molecule has 174 valence electrons. The van der Waals surface area contributed by atoms with Crippen LogP contribution >= 0.6 is 0 Å². The maximum atomic E-state index is 12.6. The minimum atomic E-state index is -3.30. The molecule has 0 radical (unpaired) electrons. The fourth-order valence-electron chi connectivity index (χ4n) is 3.62. The molecule has 1 amide bonds. The highest BCUT2D eigenvalue weighted by molar-refractivity contribution is 7.90. The Kier molecular flexibility index (Phi) is 6.69. The van der Waals surface area contributed by atoms with Crippen LogP contribution in [-0.4, -0.2) is 54.5 Å². The van der Waals surface area contributed by atoms with Crippen LogP contribution in [0.15, 0.2) is 52.3 Å². The molecule has 9 heteroatoms. The summed E-state index contributed by atoms with van der Waals surface area (Å²) in [4.78, 5) is 26.9. The Hall–Kier alpha value is -2.81. The monoisotopic (exact) mass is 462 g/mol. The van der Waals surface area contributed by atoms with Gasteiger partial charge in [0.2, 0.25) is 0 Å². The van der Waals surface area contributed by atoms with Gasteiger partial charge in [-0.1, -0.05) is 0 Å². The first-order valence-electron chi connectivity index (χ1n) is 10.5. The van der Waals surface area contributed by atoms with E-state index in [9.17, 15) is 18.0 Å². The molecule has 1 aliphatic rings. The van der Waals surface area contributed by atoms with Gasteiger partial charge < -0.3 is 14.4 Å². The van der Waals surface area contributed by atoms with Gasteiger partial charge >= 0.3 is 6.09 Å². The van der Waals surface area contributed by atoms with Crippen LogP contribution in [0.1, 0.15) is 40.5 Å². The largest absolute Gasteiger partial charge is 0.490 e. The Bertz CT molecular complexity index is 1130. The molecule has 1 saturated heterocycles. The number of hydrogen-bond donors (Lipinski definition) is 0. The van der Waals surface area contributed by atoms with E-state index < -0.39 is 15.4 Å². The molecule has 1 aromatic carbocycles. The molecule has 0 spiro atoms. The second kappa shape index (κ2) is 8.97. The number of rotatable bonds is 4. The van der Waals surface area contributed by atoms with E-state index in [1.54, 1.807) is 29.3 Å². The molecule has 8 nitrogen and oxygen atoms in total. The van der Waals surface area contributed by atoms with Crippen molar-refractivity contribution in [1.29, 1.82) is 0 Å². The number of sulfone groups is 1. The molecular formula is C23H30N2O6S. The lowest BCUT2D eigenvalue weighted by Gasteiger charge is -2.38. The summed E-state index contributed by atoms with van der Waals surface area (Å²) in [5.41, 5.74) is -0.263. The van der Waals surface area contributed by atoms with Gasteiger partial charge in [-0.2, -0.15) is 0 Å². The standard InChI is InChI=1S/C23H30N2O6S/c1-16-14-18(10-12-24(16)22(27)31-23(2,3)4)30-19-11-13-25(21(26)15-19)17-6-8-20(9-7-17)32(5,28)29/h6-9,11,13,15-16,18H,10,12,14H2,1-5H3/t16-,18-/m0/s1. The number of benzene rings is 1. The van der Waals surface area contributed by atoms with Crippen LogP contribution in [0.2, 0.25) is 0 Å². The van der Waals surface area contributed by atoms with E-state index in [0.717, 1.165) is 6.26 Å². The zero-order chi connectivity index (χ0) is 23.7. The van der Waals surface area contributed by atoms with E-state index in [0.29, 0.717) is 30.8 Å². The lowest BCUT2D eigenvalue weighted by Crippen LogP contribution is -2.49. The summed E-state index contributed by atoms with van der Waals surface area (Å²) in [7, 11) is -3.30. The molecule has 3 rings (SSSR count). The maximum Gasteiger partial charge on any atom is 0.410 e. The maximum absolute atomic E-state index is 12.6. The van der Waals surface area contributed by atoms with Crippen molar-refractivity contribution in [3.8, 4) is 11.4 Å². The number of nitrogens with zero attached hydrogens (tertiary/aromatic N) is 2. The van der Waals surface area contributed by atoms with Crippen molar-refractivity contribution in [2.24, 2.45) is 0 Å². The van der Waals surface area contributed by atoms with Crippen molar-refractivity contribution >= 4 is 15.9 Å². The first-order chi connectivity index (χ1) is 14.8. The first-order valence-corrected chi connectivity index (χ1v) is 12.4. The molecule has 0 N–H and O–H groups in total. The number of carbonyl (C=O) groups excluding carboxylic acids is 1. The predicted molar refractivity (Wildman–Crippen MR) is 121 cm³/mol. The molecule has 2 heterocycles. The minimum Gasteiger partial charge on any atom is -0.490 e. The van der Waals surface area contributed by atoms with Crippen molar-refractivity contribution in [2.75, 3.05) is 12.8 Å². The summed E-state index contributed by atoms with van der Waals surface area (Å²) in [5, 5.41) is 0. The summed E-state index contributed by atoms with van der Waals surface area (Å²) in [6, 6.07) is 9.20. The zero-order valence-electron chi connectivity index (χ0n) is 19.1. The molecule has 2 atom stereocenters. The lowest BCUT2D eigenvalue weighted by atomic mass is 10.0. The van der Waals surface area contributed by atoms with Crippen LogP contribution in [0.25, 0.3) is 5.69 Å². The number of carbonyl (C=O) groups is 1. The van der Waals surface area contributed by atoms with Crippen molar-refractivity contribution in [3.05, 3.63) is 52.9 Å². The summed E-state index contributed by atoms with van der Waals surface area (Å²) < 4.78 is 36.1. The van der Waals surface area contributed by atoms with Crippen LogP contribution in [0.3, 0.4) is 0 Å². The molecule has 0 saturated carbocycles. The number of amides is 1. The van der Waals surface area contributed by atoms with Crippen molar-refractivity contribution < 1.29 is 22.7 Å².